The van der Waals surface area contributed by atoms with E-state index in [0.717, 1.165) is 41.1 Å². The largest absolute Gasteiger partial charge is 0.481 e. The van der Waals surface area contributed by atoms with Gasteiger partial charge >= 0.3 is 6.09 Å². The fraction of sp³-hybridized carbons (Fsp3) is 0.438. The van der Waals surface area contributed by atoms with E-state index in [2.05, 4.69) is 9.97 Å². The molecule has 0 saturated carbocycles. The first-order chi connectivity index (χ1) is 20.1. The standard InChI is InChI=1S/C32H37F2N3O5/c1-32(2,3)42-31(39)37(18-5-6-22-20-23(33)8-11-25(22)34)27-13-10-24(41-28(27)16-19-38)9-7-21-15-17-35-26-12-14-29(40-4)36-30(21)26/h5-6,8,11-12,14-15,17,19-20,24,27-28H,7,9-10,13,16,18H2,1-4H3/t24-,27-,28-/m1/s1. The van der Waals surface area contributed by atoms with Crippen LogP contribution in [0.3, 0.4) is 0 Å². The van der Waals surface area contributed by atoms with E-state index in [1.807, 2.05) is 12.1 Å². The molecule has 1 aromatic carbocycles. The highest BCUT2D eigenvalue weighted by Gasteiger charge is 2.38. The lowest BCUT2D eigenvalue weighted by Gasteiger charge is -2.42. The van der Waals surface area contributed by atoms with Gasteiger partial charge < -0.3 is 19.0 Å². The number of hydrogen-bond donors (Lipinski definition) is 0. The second-order valence-electron chi connectivity index (χ2n) is 11.3. The van der Waals surface area contributed by atoms with Crippen molar-refractivity contribution in [1.82, 2.24) is 14.9 Å². The minimum absolute atomic E-state index is 0.0649. The number of pyridine rings is 2. The van der Waals surface area contributed by atoms with Gasteiger partial charge in [0.15, 0.2) is 0 Å². The lowest BCUT2D eigenvalue weighted by Crippen LogP contribution is -2.53. The molecule has 0 bridgehead atoms. The van der Waals surface area contributed by atoms with Crippen LogP contribution in [-0.4, -0.2) is 64.8 Å². The van der Waals surface area contributed by atoms with Crippen molar-refractivity contribution in [2.45, 2.75) is 76.7 Å². The van der Waals surface area contributed by atoms with Gasteiger partial charge in [-0.3, -0.25) is 9.88 Å². The molecule has 3 heterocycles. The van der Waals surface area contributed by atoms with Crippen LogP contribution in [0, 0.1) is 11.6 Å². The number of nitrogens with zero attached hydrogens (tertiary/aromatic N) is 3. The Hall–Kier alpha value is -3.92. The first-order valence-electron chi connectivity index (χ1n) is 14.1. The highest BCUT2D eigenvalue weighted by molar-refractivity contribution is 5.78. The summed E-state index contributed by atoms with van der Waals surface area (Å²) < 4.78 is 45.2. The van der Waals surface area contributed by atoms with Crippen LogP contribution in [0.2, 0.25) is 0 Å². The molecule has 0 aliphatic carbocycles. The molecular weight excluding hydrogens is 544 g/mol. The van der Waals surface area contributed by atoms with Crippen LogP contribution in [0.5, 0.6) is 5.88 Å². The van der Waals surface area contributed by atoms with Gasteiger partial charge in [0.25, 0.3) is 0 Å². The summed E-state index contributed by atoms with van der Waals surface area (Å²) >= 11 is 0. The number of halogens is 2. The number of ether oxygens (including phenoxy) is 3. The zero-order valence-electron chi connectivity index (χ0n) is 24.4. The smallest absolute Gasteiger partial charge is 0.410 e. The number of amides is 1. The number of aromatic nitrogens is 2. The molecule has 0 spiro atoms. The van der Waals surface area contributed by atoms with Crippen molar-refractivity contribution < 1.29 is 32.6 Å². The molecule has 42 heavy (non-hydrogen) atoms. The third-order valence-electron chi connectivity index (χ3n) is 7.08. The molecule has 2 aromatic heterocycles. The number of fused-ring (bicyclic) bond motifs is 1. The summed E-state index contributed by atoms with van der Waals surface area (Å²) in [5.41, 5.74) is 1.88. The maximum absolute atomic E-state index is 14.2. The number of methoxy groups -OCH3 is 1. The molecule has 4 rings (SSSR count). The Kier molecular flexibility index (Phi) is 10.2. The van der Waals surface area contributed by atoms with E-state index in [4.69, 9.17) is 14.2 Å². The summed E-state index contributed by atoms with van der Waals surface area (Å²) in [6.07, 6.45) is 6.98. The van der Waals surface area contributed by atoms with Gasteiger partial charge in [-0.2, -0.15) is 0 Å². The van der Waals surface area contributed by atoms with Crippen LogP contribution in [0.15, 0.2) is 48.7 Å². The van der Waals surface area contributed by atoms with Crippen LogP contribution < -0.4 is 4.74 Å². The number of aryl methyl sites for hydroxylation is 1. The van der Waals surface area contributed by atoms with Crippen molar-refractivity contribution in [3.63, 3.8) is 0 Å². The van der Waals surface area contributed by atoms with Crippen LogP contribution in [0.1, 0.15) is 57.6 Å². The number of rotatable bonds is 10. The molecule has 1 saturated heterocycles. The maximum Gasteiger partial charge on any atom is 0.410 e. The van der Waals surface area contributed by atoms with Crippen molar-refractivity contribution in [1.29, 1.82) is 0 Å². The van der Waals surface area contributed by atoms with Gasteiger partial charge in [-0.25, -0.2) is 18.6 Å². The molecule has 1 aliphatic heterocycles. The molecule has 8 nitrogen and oxygen atoms in total. The molecule has 1 amide bonds. The Morgan fingerprint density at radius 2 is 1.98 bits per heavy atom. The molecule has 0 N–H and O–H groups in total. The number of carbonyl (C=O) groups excluding carboxylic acids is 2. The molecule has 224 valence electrons. The van der Waals surface area contributed by atoms with Crippen molar-refractivity contribution in [2.24, 2.45) is 0 Å². The van der Waals surface area contributed by atoms with Gasteiger partial charge in [0.1, 0.15) is 23.5 Å². The Labute approximate surface area is 244 Å². The van der Waals surface area contributed by atoms with Gasteiger partial charge in [0, 0.05) is 30.8 Å². The van der Waals surface area contributed by atoms with E-state index < -0.39 is 35.5 Å². The molecule has 0 radical (unpaired) electrons. The van der Waals surface area contributed by atoms with Crippen molar-refractivity contribution in [3.8, 4) is 5.88 Å². The molecule has 3 atom stereocenters. The van der Waals surface area contributed by atoms with E-state index in [0.29, 0.717) is 31.6 Å². The summed E-state index contributed by atoms with van der Waals surface area (Å²) in [5.74, 6) is -0.627. The minimum Gasteiger partial charge on any atom is -0.481 e. The fourth-order valence-corrected chi connectivity index (χ4v) is 5.12. The summed E-state index contributed by atoms with van der Waals surface area (Å²) in [5, 5.41) is 0. The predicted octanol–water partition coefficient (Wildman–Crippen LogP) is 6.30. The highest BCUT2D eigenvalue weighted by Crippen LogP contribution is 2.30. The lowest BCUT2D eigenvalue weighted by atomic mass is 9.92. The van der Waals surface area contributed by atoms with E-state index >= 15 is 0 Å². The van der Waals surface area contributed by atoms with Crippen molar-refractivity contribution in [2.75, 3.05) is 13.7 Å². The Balaban J connectivity index is 1.49. The van der Waals surface area contributed by atoms with Gasteiger partial charge in [-0.1, -0.05) is 12.2 Å². The lowest BCUT2D eigenvalue weighted by molar-refractivity contribution is -0.122. The van der Waals surface area contributed by atoms with Crippen LogP contribution in [0.4, 0.5) is 13.6 Å². The molecular formula is C32H37F2N3O5. The van der Waals surface area contributed by atoms with Crippen molar-refractivity contribution >= 4 is 29.5 Å². The fourth-order valence-electron chi connectivity index (χ4n) is 5.12. The van der Waals surface area contributed by atoms with Crippen LogP contribution >= 0.6 is 0 Å². The Morgan fingerprint density at radius 3 is 2.71 bits per heavy atom. The summed E-state index contributed by atoms with van der Waals surface area (Å²) in [6.45, 7) is 5.37. The first kappa shape index (κ1) is 31.0. The zero-order valence-corrected chi connectivity index (χ0v) is 24.4. The first-order valence-corrected chi connectivity index (χ1v) is 14.1. The van der Waals surface area contributed by atoms with Crippen molar-refractivity contribution in [3.05, 3.63) is 71.4 Å². The number of hydrogen-bond acceptors (Lipinski definition) is 7. The third kappa shape index (κ3) is 8.09. The summed E-state index contributed by atoms with van der Waals surface area (Å²) in [6, 6.07) is 8.31. The number of aldehydes is 1. The van der Waals surface area contributed by atoms with Gasteiger partial charge in [0.05, 0.1) is 36.4 Å². The number of carbonyl (C=O) groups is 2. The monoisotopic (exact) mass is 581 g/mol. The number of benzene rings is 1. The third-order valence-corrected chi connectivity index (χ3v) is 7.08. The topological polar surface area (TPSA) is 90.8 Å². The van der Waals surface area contributed by atoms with Crippen LogP contribution in [0.25, 0.3) is 17.1 Å². The highest BCUT2D eigenvalue weighted by atomic mass is 19.1. The average Bonchev–Trinajstić information content (AvgIpc) is 2.95. The van der Waals surface area contributed by atoms with E-state index in [-0.39, 0.29) is 24.6 Å². The van der Waals surface area contributed by atoms with Gasteiger partial charge in [-0.05, 0) is 82.3 Å². The zero-order chi connectivity index (χ0) is 30.3. The minimum atomic E-state index is -0.754. The van der Waals surface area contributed by atoms with E-state index in [1.165, 1.54) is 11.0 Å². The SMILES string of the molecule is COc1ccc2nccc(CC[C@@H]3CC[C@@H](N(CC=Cc4cc(F)ccc4F)C(=O)OC(C)(C)C)[C@@H](CC=O)O3)c2n1. The van der Waals surface area contributed by atoms with E-state index in [1.54, 1.807) is 46.2 Å². The Bertz CT molecular complexity index is 1430. The molecule has 0 unspecified atom stereocenters. The maximum atomic E-state index is 14.2. The summed E-state index contributed by atoms with van der Waals surface area (Å²) in [7, 11) is 1.57. The summed E-state index contributed by atoms with van der Waals surface area (Å²) in [4.78, 5) is 35.4. The normalized spacial score (nSPS) is 19.1. The van der Waals surface area contributed by atoms with Crippen LogP contribution in [-0.2, 0) is 20.7 Å². The molecule has 3 aromatic rings. The second kappa shape index (κ2) is 13.8. The van der Waals surface area contributed by atoms with Gasteiger partial charge in [-0.15, -0.1) is 0 Å². The predicted molar refractivity (Wildman–Crippen MR) is 155 cm³/mol. The molecule has 1 fully saturated rings. The van der Waals surface area contributed by atoms with Gasteiger partial charge in [0.2, 0.25) is 5.88 Å². The second-order valence-corrected chi connectivity index (χ2v) is 11.3. The Morgan fingerprint density at radius 1 is 1.17 bits per heavy atom. The molecule has 10 heteroatoms. The molecule has 1 aliphatic rings. The van der Waals surface area contributed by atoms with E-state index in [9.17, 15) is 18.4 Å². The average molecular weight is 582 g/mol. The quantitative estimate of drug-likeness (QED) is 0.259.